The van der Waals surface area contributed by atoms with E-state index < -0.39 is 22.0 Å². The number of hydrogen-bond donors (Lipinski definition) is 2. The fraction of sp³-hybridized carbons (Fsp3) is 0.519. The Bertz CT molecular complexity index is 970. The summed E-state index contributed by atoms with van der Waals surface area (Å²) < 4.78 is 27.6. The highest BCUT2D eigenvalue weighted by Gasteiger charge is 2.25. The summed E-state index contributed by atoms with van der Waals surface area (Å²) >= 11 is 1.41. The number of carbonyl (C=O) groups is 1. The standard InChI is InChI=1S/C27H41NO4S2/c1-20(2)9-7-10-22(5)11-8-12-23(6)17-18-33-19-26(27(29)30)28-34(31,32)25-15-13-24(14-16-25)21(3)4/h9,11,13-17,21,26,28H,7-8,10,12,18-19H2,1-6H3,(H,29,30)/b22-11+,23-17+/t26-/m0/s1. The first-order valence-corrected chi connectivity index (χ1v) is 14.4. The zero-order valence-corrected chi connectivity index (χ0v) is 23.1. The van der Waals surface area contributed by atoms with E-state index >= 15 is 0 Å². The quantitative estimate of drug-likeness (QED) is 0.204. The van der Waals surface area contributed by atoms with E-state index in [4.69, 9.17) is 0 Å². The highest BCUT2D eigenvalue weighted by Crippen LogP contribution is 2.18. The number of carboxylic acids is 1. The molecule has 1 aromatic rings. The first kappa shape index (κ1) is 30.2. The Kier molecular flexibility index (Phi) is 13.5. The number of hydrogen-bond acceptors (Lipinski definition) is 4. The van der Waals surface area contributed by atoms with E-state index in [1.54, 1.807) is 12.1 Å². The van der Waals surface area contributed by atoms with Gasteiger partial charge in [-0.2, -0.15) is 16.5 Å². The lowest BCUT2D eigenvalue weighted by Crippen LogP contribution is -2.42. The second kappa shape index (κ2) is 15.2. The highest BCUT2D eigenvalue weighted by molar-refractivity contribution is 7.99. The number of nitrogens with one attached hydrogen (secondary N) is 1. The molecule has 1 rings (SSSR count). The summed E-state index contributed by atoms with van der Waals surface area (Å²) in [4.78, 5) is 11.7. The molecule has 0 bridgehead atoms. The summed E-state index contributed by atoms with van der Waals surface area (Å²) in [6, 6.07) is 5.38. The van der Waals surface area contributed by atoms with Crippen LogP contribution in [-0.4, -0.2) is 37.0 Å². The summed E-state index contributed by atoms with van der Waals surface area (Å²) in [6.45, 7) is 12.5. The molecule has 0 radical (unpaired) electrons. The van der Waals surface area contributed by atoms with Crippen LogP contribution in [0.4, 0.5) is 0 Å². The van der Waals surface area contributed by atoms with Crippen LogP contribution in [0.15, 0.2) is 64.1 Å². The first-order valence-electron chi connectivity index (χ1n) is 11.8. The predicted octanol–water partition coefficient (Wildman–Crippen LogP) is 6.69. The summed E-state index contributed by atoms with van der Waals surface area (Å²) in [7, 11) is -3.90. The van der Waals surface area contributed by atoms with E-state index in [1.807, 2.05) is 13.8 Å². The van der Waals surface area contributed by atoms with Crippen molar-refractivity contribution >= 4 is 27.8 Å². The molecule has 0 aromatic heterocycles. The van der Waals surface area contributed by atoms with Crippen molar-refractivity contribution in [1.82, 2.24) is 4.72 Å². The van der Waals surface area contributed by atoms with Crippen LogP contribution in [0.3, 0.4) is 0 Å². The van der Waals surface area contributed by atoms with Crippen LogP contribution < -0.4 is 4.72 Å². The molecule has 0 unspecified atom stereocenters. The third-order valence-corrected chi connectivity index (χ3v) is 7.87. The molecule has 0 aliphatic rings. The minimum atomic E-state index is -3.90. The van der Waals surface area contributed by atoms with E-state index in [0.29, 0.717) is 5.75 Å². The van der Waals surface area contributed by atoms with Crippen molar-refractivity contribution in [1.29, 1.82) is 0 Å². The Balaban J connectivity index is 2.53. The van der Waals surface area contributed by atoms with Crippen LogP contribution in [0.2, 0.25) is 0 Å². The lowest BCUT2D eigenvalue weighted by atomic mass is 10.0. The van der Waals surface area contributed by atoms with Gasteiger partial charge in [-0.1, -0.05) is 60.9 Å². The number of benzene rings is 1. The maximum atomic E-state index is 12.6. The van der Waals surface area contributed by atoms with E-state index in [1.165, 1.54) is 40.6 Å². The van der Waals surface area contributed by atoms with Crippen LogP contribution in [0, 0.1) is 0 Å². The van der Waals surface area contributed by atoms with Gasteiger partial charge in [0, 0.05) is 11.5 Å². The molecule has 5 nitrogen and oxygen atoms in total. The summed E-state index contributed by atoms with van der Waals surface area (Å²) in [5.41, 5.74) is 5.02. The third-order valence-electron chi connectivity index (χ3n) is 5.41. The van der Waals surface area contributed by atoms with Crippen molar-refractivity contribution in [3.8, 4) is 0 Å². The number of carboxylic acid groups (broad SMARTS) is 1. The van der Waals surface area contributed by atoms with Gasteiger partial charge < -0.3 is 5.11 Å². The zero-order valence-electron chi connectivity index (χ0n) is 21.4. The molecule has 0 spiro atoms. The van der Waals surface area contributed by atoms with E-state index in [2.05, 4.69) is 50.6 Å². The van der Waals surface area contributed by atoms with E-state index in [0.717, 1.165) is 31.2 Å². The van der Waals surface area contributed by atoms with Gasteiger partial charge in [0.15, 0.2) is 0 Å². The van der Waals surface area contributed by atoms with Crippen LogP contribution in [0.1, 0.15) is 78.7 Å². The van der Waals surface area contributed by atoms with Crippen molar-refractivity contribution in [2.24, 2.45) is 0 Å². The van der Waals surface area contributed by atoms with Gasteiger partial charge in [0.1, 0.15) is 6.04 Å². The predicted molar refractivity (Wildman–Crippen MR) is 145 cm³/mol. The molecular formula is C27H41NO4S2. The monoisotopic (exact) mass is 507 g/mol. The molecule has 0 aliphatic heterocycles. The molecule has 0 saturated heterocycles. The van der Waals surface area contributed by atoms with Crippen molar-refractivity contribution in [2.45, 2.75) is 84.1 Å². The lowest BCUT2D eigenvalue weighted by molar-refractivity contribution is -0.138. The molecule has 7 heteroatoms. The fourth-order valence-corrected chi connectivity index (χ4v) is 5.46. The third kappa shape index (κ3) is 12.0. The van der Waals surface area contributed by atoms with E-state index in [-0.39, 0.29) is 16.6 Å². The summed E-state index contributed by atoms with van der Waals surface area (Å²) in [5, 5.41) is 9.50. The molecule has 190 valence electrons. The van der Waals surface area contributed by atoms with Crippen molar-refractivity contribution in [3.05, 3.63) is 64.8 Å². The molecule has 2 N–H and O–H groups in total. The van der Waals surface area contributed by atoms with Crippen LogP contribution in [0.25, 0.3) is 0 Å². The van der Waals surface area contributed by atoms with Gasteiger partial charge in [-0.15, -0.1) is 0 Å². The Morgan fingerprint density at radius 2 is 1.53 bits per heavy atom. The van der Waals surface area contributed by atoms with Gasteiger partial charge in [-0.05, 0) is 77.0 Å². The zero-order chi connectivity index (χ0) is 25.7. The first-order chi connectivity index (χ1) is 15.9. The van der Waals surface area contributed by atoms with Crippen molar-refractivity contribution in [2.75, 3.05) is 11.5 Å². The second-order valence-electron chi connectivity index (χ2n) is 9.23. The molecule has 0 heterocycles. The number of rotatable bonds is 15. The molecular weight excluding hydrogens is 466 g/mol. The molecule has 1 aromatic carbocycles. The maximum absolute atomic E-state index is 12.6. The maximum Gasteiger partial charge on any atom is 0.322 e. The smallest absolute Gasteiger partial charge is 0.322 e. The second-order valence-corrected chi connectivity index (χ2v) is 12.0. The van der Waals surface area contributed by atoms with Crippen LogP contribution in [-0.2, 0) is 14.8 Å². The molecule has 1 atom stereocenters. The van der Waals surface area contributed by atoms with Gasteiger partial charge >= 0.3 is 5.97 Å². The van der Waals surface area contributed by atoms with Gasteiger partial charge in [0.05, 0.1) is 4.90 Å². The molecule has 0 fully saturated rings. The van der Waals surface area contributed by atoms with Gasteiger partial charge in [0.25, 0.3) is 0 Å². The van der Waals surface area contributed by atoms with Gasteiger partial charge in [-0.25, -0.2) is 8.42 Å². The van der Waals surface area contributed by atoms with Crippen molar-refractivity contribution < 1.29 is 18.3 Å². The highest BCUT2D eigenvalue weighted by atomic mass is 32.2. The SMILES string of the molecule is CC(C)=CCC/C(C)=C/CC/C(C)=C/CSC[C@H](NS(=O)(=O)c1ccc(C(C)C)cc1)C(=O)O. The Labute approximate surface area is 210 Å². The average Bonchev–Trinajstić information content (AvgIpc) is 2.75. The van der Waals surface area contributed by atoms with Crippen molar-refractivity contribution in [3.63, 3.8) is 0 Å². The average molecular weight is 508 g/mol. The largest absolute Gasteiger partial charge is 0.480 e. The number of sulfonamides is 1. The topological polar surface area (TPSA) is 83.5 Å². The van der Waals surface area contributed by atoms with Gasteiger partial charge in [-0.3, -0.25) is 4.79 Å². The minimum absolute atomic E-state index is 0.0769. The molecule has 0 aliphatic carbocycles. The number of allylic oxidation sites excluding steroid dienone is 5. The fourth-order valence-electron chi connectivity index (χ4n) is 3.17. The summed E-state index contributed by atoms with van der Waals surface area (Å²) in [5.74, 6) is -0.0866. The molecule has 0 saturated carbocycles. The minimum Gasteiger partial charge on any atom is -0.480 e. The number of thioether (sulfide) groups is 1. The molecule has 34 heavy (non-hydrogen) atoms. The molecule has 0 amide bonds. The van der Waals surface area contributed by atoms with Gasteiger partial charge in [0.2, 0.25) is 10.0 Å². The Morgan fingerprint density at radius 1 is 0.971 bits per heavy atom. The van der Waals surface area contributed by atoms with Crippen LogP contribution >= 0.6 is 11.8 Å². The summed E-state index contributed by atoms with van der Waals surface area (Å²) in [6.07, 6.45) is 10.7. The normalized spacial score (nSPS) is 13.7. The van der Waals surface area contributed by atoms with E-state index in [9.17, 15) is 18.3 Å². The Hall–Kier alpha value is -1.83. The Morgan fingerprint density at radius 3 is 2.06 bits per heavy atom. The lowest BCUT2D eigenvalue weighted by Gasteiger charge is -2.15. The van der Waals surface area contributed by atoms with Crippen LogP contribution in [0.5, 0.6) is 0 Å². The number of aliphatic carboxylic acids is 1.